The van der Waals surface area contributed by atoms with Gasteiger partial charge in [-0.05, 0) is 24.3 Å². The third-order valence-electron chi connectivity index (χ3n) is 3.72. The molecular weight excluding hydrogens is 364 g/mol. The van der Waals surface area contributed by atoms with Crippen LogP contribution in [-0.4, -0.2) is 13.2 Å². The molecule has 0 unspecified atom stereocenters. The van der Waals surface area contributed by atoms with Gasteiger partial charge < -0.3 is 9.47 Å². The van der Waals surface area contributed by atoms with Gasteiger partial charge in [-0.2, -0.15) is 21.0 Å². The molecule has 2 aromatic carbocycles. The van der Waals surface area contributed by atoms with Crippen molar-refractivity contribution in [2.75, 3.05) is 13.2 Å². The second-order valence-corrected chi connectivity index (χ2v) is 5.69. The SMILES string of the molecule is N#CC(C#N)=Cc1ccccc1OCCCOc1ccccc1C=C(C#N)C#N. The predicted octanol–water partition coefficient (Wildman–Crippen LogP) is 4.40. The van der Waals surface area contributed by atoms with Crippen LogP contribution in [0.15, 0.2) is 59.7 Å². The summed E-state index contributed by atoms with van der Waals surface area (Å²) in [5.41, 5.74) is 1.32. The van der Waals surface area contributed by atoms with E-state index in [1.165, 1.54) is 12.2 Å². The fourth-order valence-electron chi connectivity index (χ4n) is 2.38. The second-order valence-electron chi connectivity index (χ2n) is 5.69. The number of allylic oxidation sites excluding steroid dienone is 2. The van der Waals surface area contributed by atoms with Crippen LogP contribution in [0.3, 0.4) is 0 Å². The van der Waals surface area contributed by atoms with Gasteiger partial charge in [0.15, 0.2) is 0 Å². The molecule has 0 aliphatic rings. The second kappa shape index (κ2) is 11.2. The van der Waals surface area contributed by atoms with Gasteiger partial charge in [0.25, 0.3) is 0 Å². The first-order valence-electron chi connectivity index (χ1n) is 8.69. The summed E-state index contributed by atoms with van der Waals surface area (Å²) in [5.74, 6) is 1.15. The van der Waals surface area contributed by atoms with Crippen molar-refractivity contribution < 1.29 is 9.47 Å². The smallest absolute Gasteiger partial charge is 0.130 e. The Balaban J connectivity index is 1.95. The summed E-state index contributed by atoms with van der Waals surface area (Å²) < 4.78 is 11.5. The molecule has 0 N–H and O–H groups in total. The van der Waals surface area contributed by atoms with E-state index >= 15 is 0 Å². The van der Waals surface area contributed by atoms with E-state index in [9.17, 15) is 0 Å². The van der Waals surface area contributed by atoms with E-state index in [4.69, 9.17) is 30.5 Å². The molecule has 0 saturated carbocycles. The molecule has 0 saturated heterocycles. The van der Waals surface area contributed by atoms with Crippen LogP contribution in [-0.2, 0) is 0 Å². The molecule has 2 rings (SSSR count). The lowest BCUT2D eigenvalue weighted by atomic mass is 10.1. The first kappa shape index (κ1) is 20.8. The van der Waals surface area contributed by atoms with Crippen molar-refractivity contribution in [1.29, 1.82) is 21.0 Å². The number of nitrogens with zero attached hydrogens (tertiary/aromatic N) is 4. The normalized spacial score (nSPS) is 8.97. The Morgan fingerprint density at radius 2 is 1.03 bits per heavy atom. The molecule has 0 aliphatic carbocycles. The zero-order valence-electron chi connectivity index (χ0n) is 15.5. The number of nitriles is 4. The Morgan fingerprint density at radius 3 is 1.41 bits per heavy atom. The van der Waals surface area contributed by atoms with Gasteiger partial charge >= 0.3 is 0 Å². The van der Waals surface area contributed by atoms with Crippen LogP contribution in [0.2, 0.25) is 0 Å². The number of rotatable bonds is 8. The number of hydrogen-bond acceptors (Lipinski definition) is 6. The zero-order chi connectivity index (χ0) is 20.9. The minimum Gasteiger partial charge on any atom is -0.493 e. The third kappa shape index (κ3) is 6.30. The largest absolute Gasteiger partial charge is 0.493 e. The van der Waals surface area contributed by atoms with Gasteiger partial charge in [-0.25, -0.2) is 0 Å². The quantitative estimate of drug-likeness (QED) is 0.495. The molecule has 0 radical (unpaired) electrons. The molecule has 29 heavy (non-hydrogen) atoms. The van der Waals surface area contributed by atoms with Crippen molar-refractivity contribution in [3.05, 3.63) is 70.8 Å². The van der Waals surface area contributed by atoms with E-state index in [0.717, 1.165) is 0 Å². The van der Waals surface area contributed by atoms with E-state index < -0.39 is 0 Å². The molecule has 0 fully saturated rings. The maximum Gasteiger partial charge on any atom is 0.130 e. The Kier molecular flexibility index (Phi) is 8.06. The molecule has 6 heteroatoms. The van der Waals surface area contributed by atoms with Gasteiger partial charge in [-0.15, -0.1) is 0 Å². The zero-order valence-corrected chi connectivity index (χ0v) is 15.5. The van der Waals surface area contributed by atoms with Crippen LogP contribution < -0.4 is 9.47 Å². The summed E-state index contributed by atoms with van der Waals surface area (Å²) in [6.07, 6.45) is 3.55. The average Bonchev–Trinajstić information content (AvgIpc) is 2.77. The minimum absolute atomic E-state index is 0.00292. The van der Waals surface area contributed by atoms with Crippen molar-refractivity contribution in [1.82, 2.24) is 0 Å². The van der Waals surface area contributed by atoms with E-state index in [2.05, 4.69) is 0 Å². The Morgan fingerprint density at radius 1 is 0.655 bits per heavy atom. The fraction of sp³-hybridized carbons (Fsp3) is 0.130. The van der Waals surface area contributed by atoms with Gasteiger partial charge in [0.05, 0.1) is 13.2 Å². The van der Waals surface area contributed by atoms with Gasteiger partial charge in [-0.3, -0.25) is 0 Å². The molecular formula is C23H16N4O2. The van der Waals surface area contributed by atoms with E-state index in [-0.39, 0.29) is 11.1 Å². The van der Waals surface area contributed by atoms with Crippen molar-refractivity contribution in [2.45, 2.75) is 6.42 Å². The highest BCUT2D eigenvalue weighted by molar-refractivity contribution is 5.67. The maximum absolute atomic E-state index is 8.90. The van der Waals surface area contributed by atoms with Gasteiger partial charge in [-0.1, -0.05) is 36.4 Å². The van der Waals surface area contributed by atoms with Gasteiger partial charge in [0.1, 0.15) is 46.9 Å². The minimum atomic E-state index is 0.00292. The fourth-order valence-corrected chi connectivity index (χ4v) is 2.38. The number of para-hydroxylation sites is 2. The molecule has 0 heterocycles. The molecule has 0 atom stereocenters. The van der Waals surface area contributed by atoms with Crippen molar-refractivity contribution in [2.24, 2.45) is 0 Å². The molecule has 0 bridgehead atoms. The van der Waals surface area contributed by atoms with E-state index in [1.54, 1.807) is 36.4 Å². The molecule has 0 aliphatic heterocycles. The average molecular weight is 380 g/mol. The van der Waals surface area contributed by atoms with Crippen molar-refractivity contribution >= 4 is 12.2 Å². The highest BCUT2D eigenvalue weighted by Crippen LogP contribution is 2.22. The van der Waals surface area contributed by atoms with Crippen LogP contribution in [0.25, 0.3) is 12.2 Å². The van der Waals surface area contributed by atoms with E-state index in [1.807, 2.05) is 36.4 Å². The topological polar surface area (TPSA) is 114 Å². The Labute approximate surface area is 169 Å². The lowest BCUT2D eigenvalue weighted by molar-refractivity contribution is 0.247. The molecule has 2 aromatic rings. The van der Waals surface area contributed by atoms with Crippen molar-refractivity contribution in [3.63, 3.8) is 0 Å². The molecule has 6 nitrogen and oxygen atoms in total. The Hall–Kier alpha value is -4.52. The first-order valence-corrected chi connectivity index (χ1v) is 8.69. The van der Waals surface area contributed by atoms with Crippen LogP contribution >= 0.6 is 0 Å². The van der Waals surface area contributed by atoms with Crippen LogP contribution in [0.5, 0.6) is 11.5 Å². The standard InChI is InChI=1S/C23H16N4O2/c24-14-18(15-25)12-20-6-1-3-8-22(20)28-10-5-11-29-23-9-4-2-7-21(23)13-19(16-26)17-27/h1-4,6-9,12-13H,5,10-11H2. The maximum atomic E-state index is 8.90. The lowest BCUT2D eigenvalue weighted by Crippen LogP contribution is -2.06. The Bertz CT molecular complexity index is 970. The van der Waals surface area contributed by atoms with Crippen molar-refractivity contribution in [3.8, 4) is 35.8 Å². The summed E-state index contributed by atoms with van der Waals surface area (Å²) in [5, 5.41) is 35.6. The summed E-state index contributed by atoms with van der Waals surface area (Å²) in [6.45, 7) is 0.748. The molecule has 0 spiro atoms. The van der Waals surface area contributed by atoms with Crippen LogP contribution in [0.1, 0.15) is 17.5 Å². The number of ether oxygens (including phenoxy) is 2. The lowest BCUT2D eigenvalue weighted by Gasteiger charge is -2.11. The first-order chi connectivity index (χ1) is 14.2. The van der Waals surface area contributed by atoms with E-state index in [0.29, 0.717) is 42.3 Å². The monoisotopic (exact) mass is 380 g/mol. The third-order valence-corrected chi connectivity index (χ3v) is 3.72. The predicted molar refractivity (Wildman–Crippen MR) is 107 cm³/mol. The summed E-state index contributed by atoms with van der Waals surface area (Å²) >= 11 is 0. The molecule has 140 valence electrons. The summed E-state index contributed by atoms with van der Waals surface area (Å²) in [6, 6.07) is 21.6. The van der Waals surface area contributed by atoms with Crippen LogP contribution in [0, 0.1) is 45.3 Å². The van der Waals surface area contributed by atoms with Gasteiger partial charge in [0, 0.05) is 17.5 Å². The number of hydrogen-bond donors (Lipinski definition) is 0. The number of benzene rings is 2. The summed E-state index contributed by atoms with van der Waals surface area (Å²) in [4.78, 5) is 0. The van der Waals surface area contributed by atoms with Gasteiger partial charge in [0.2, 0.25) is 0 Å². The molecule has 0 aromatic heterocycles. The highest BCUT2D eigenvalue weighted by Gasteiger charge is 2.05. The summed E-state index contributed by atoms with van der Waals surface area (Å²) in [7, 11) is 0. The van der Waals surface area contributed by atoms with Crippen LogP contribution in [0.4, 0.5) is 0 Å². The molecule has 0 amide bonds. The highest BCUT2D eigenvalue weighted by atomic mass is 16.5.